The summed E-state index contributed by atoms with van der Waals surface area (Å²) in [7, 11) is 0. The normalized spacial score (nSPS) is 29.0. The lowest BCUT2D eigenvalue weighted by molar-refractivity contribution is -0.143. The topological polar surface area (TPSA) is 104 Å². The van der Waals surface area contributed by atoms with Crippen molar-refractivity contribution in [2.75, 3.05) is 19.6 Å². The molecule has 0 aromatic rings. The molecule has 0 spiro atoms. The van der Waals surface area contributed by atoms with Crippen LogP contribution in [-0.2, 0) is 9.59 Å². The SMILES string of the molecule is N[C@@]1(C(=O)O)CCN(CC(=O)O)C1. The molecule has 0 unspecified atom stereocenters. The Hall–Kier alpha value is -1.14. The van der Waals surface area contributed by atoms with Crippen molar-refractivity contribution >= 4 is 11.9 Å². The Morgan fingerprint density at radius 1 is 1.46 bits per heavy atom. The minimum absolute atomic E-state index is 0.106. The van der Waals surface area contributed by atoms with E-state index in [9.17, 15) is 9.59 Å². The number of aliphatic carboxylic acids is 2. The van der Waals surface area contributed by atoms with Crippen LogP contribution in [0.15, 0.2) is 0 Å². The molecule has 0 aromatic heterocycles. The average Bonchev–Trinajstić information content (AvgIpc) is 2.32. The fourth-order valence-corrected chi connectivity index (χ4v) is 1.42. The van der Waals surface area contributed by atoms with Crippen molar-refractivity contribution < 1.29 is 19.8 Å². The van der Waals surface area contributed by atoms with Gasteiger partial charge >= 0.3 is 11.9 Å². The van der Waals surface area contributed by atoms with Crippen LogP contribution in [0.25, 0.3) is 0 Å². The number of nitrogens with zero attached hydrogens (tertiary/aromatic N) is 1. The smallest absolute Gasteiger partial charge is 0.325 e. The lowest BCUT2D eigenvalue weighted by Crippen LogP contribution is -2.50. The summed E-state index contributed by atoms with van der Waals surface area (Å²) in [5.41, 5.74) is 4.27. The summed E-state index contributed by atoms with van der Waals surface area (Å²) in [6.07, 6.45) is 0.301. The Labute approximate surface area is 74.9 Å². The standard InChI is InChI=1S/C7H12N2O4/c8-7(6(12)13)1-2-9(4-7)3-5(10)11/h1-4,8H2,(H,10,11)(H,12,13)/t7-/m0/s1. The third-order valence-electron chi connectivity index (χ3n) is 2.16. The lowest BCUT2D eigenvalue weighted by Gasteiger charge is -2.18. The lowest BCUT2D eigenvalue weighted by atomic mass is 10.0. The van der Waals surface area contributed by atoms with E-state index in [1.165, 1.54) is 4.90 Å². The first-order valence-electron chi connectivity index (χ1n) is 3.90. The van der Waals surface area contributed by atoms with E-state index >= 15 is 0 Å². The largest absolute Gasteiger partial charge is 0.480 e. The molecule has 0 aromatic carbocycles. The molecule has 1 heterocycles. The van der Waals surface area contributed by atoms with Crippen LogP contribution in [0.2, 0.25) is 0 Å². The van der Waals surface area contributed by atoms with Gasteiger partial charge in [0.2, 0.25) is 0 Å². The first-order chi connectivity index (χ1) is 5.94. The van der Waals surface area contributed by atoms with Gasteiger partial charge in [0, 0.05) is 13.1 Å². The zero-order chi connectivity index (χ0) is 10.1. The Morgan fingerprint density at radius 3 is 2.46 bits per heavy atom. The predicted octanol–water partition coefficient (Wildman–Crippen LogP) is -1.44. The van der Waals surface area contributed by atoms with Crippen LogP contribution in [0.1, 0.15) is 6.42 Å². The van der Waals surface area contributed by atoms with E-state index in [1.807, 2.05) is 0 Å². The summed E-state index contributed by atoms with van der Waals surface area (Å²) >= 11 is 0. The summed E-state index contributed by atoms with van der Waals surface area (Å²) in [5, 5.41) is 17.2. The molecule has 1 rings (SSSR count). The van der Waals surface area contributed by atoms with Gasteiger partial charge in [-0.05, 0) is 6.42 Å². The summed E-state index contributed by atoms with van der Waals surface area (Å²) < 4.78 is 0. The van der Waals surface area contributed by atoms with E-state index in [4.69, 9.17) is 15.9 Å². The van der Waals surface area contributed by atoms with Crippen molar-refractivity contribution in [3.05, 3.63) is 0 Å². The number of rotatable bonds is 3. The van der Waals surface area contributed by atoms with Crippen molar-refractivity contribution in [2.24, 2.45) is 5.73 Å². The molecule has 0 saturated carbocycles. The third-order valence-corrected chi connectivity index (χ3v) is 2.16. The summed E-state index contributed by atoms with van der Waals surface area (Å²) in [4.78, 5) is 22.5. The highest BCUT2D eigenvalue weighted by Crippen LogP contribution is 2.18. The highest BCUT2D eigenvalue weighted by Gasteiger charge is 2.41. The summed E-state index contributed by atoms with van der Waals surface area (Å²) in [6, 6.07) is 0. The zero-order valence-corrected chi connectivity index (χ0v) is 7.06. The summed E-state index contributed by atoms with van der Waals surface area (Å²) in [5.74, 6) is -2.03. The maximum Gasteiger partial charge on any atom is 0.325 e. The molecular formula is C7H12N2O4. The van der Waals surface area contributed by atoms with Gasteiger partial charge in [-0.1, -0.05) is 0 Å². The molecule has 1 aliphatic rings. The maximum atomic E-state index is 10.7. The molecule has 1 atom stereocenters. The predicted molar refractivity (Wildman–Crippen MR) is 43.2 cm³/mol. The Kier molecular flexibility index (Phi) is 2.53. The highest BCUT2D eigenvalue weighted by atomic mass is 16.4. The Morgan fingerprint density at radius 2 is 2.08 bits per heavy atom. The number of hydrogen-bond acceptors (Lipinski definition) is 4. The fourth-order valence-electron chi connectivity index (χ4n) is 1.42. The minimum atomic E-state index is -1.27. The van der Waals surface area contributed by atoms with Crippen LogP contribution in [0, 0.1) is 0 Å². The Balaban J connectivity index is 2.53. The third kappa shape index (κ3) is 2.16. The number of nitrogens with two attached hydrogens (primary N) is 1. The number of carbonyl (C=O) groups is 2. The van der Waals surface area contributed by atoms with Crippen LogP contribution in [0.3, 0.4) is 0 Å². The highest BCUT2D eigenvalue weighted by molar-refractivity contribution is 5.79. The second-order valence-electron chi connectivity index (χ2n) is 3.32. The van der Waals surface area contributed by atoms with E-state index in [0.29, 0.717) is 13.0 Å². The quantitative estimate of drug-likeness (QED) is 0.501. The number of carboxylic acids is 2. The molecule has 0 aliphatic carbocycles. The van der Waals surface area contributed by atoms with Crippen molar-refractivity contribution in [2.45, 2.75) is 12.0 Å². The molecule has 6 nitrogen and oxygen atoms in total. The molecule has 0 bridgehead atoms. The molecule has 1 aliphatic heterocycles. The van der Waals surface area contributed by atoms with Crippen molar-refractivity contribution in [3.8, 4) is 0 Å². The van der Waals surface area contributed by atoms with Gasteiger partial charge in [-0.2, -0.15) is 0 Å². The first kappa shape index (κ1) is 9.94. The van der Waals surface area contributed by atoms with Gasteiger partial charge in [0.15, 0.2) is 0 Å². The van der Waals surface area contributed by atoms with Gasteiger partial charge in [-0.15, -0.1) is 0 Å². The second-order valence-corrected chi connectivity index (χ2v) is 3.32. The molecule has 1 fully saturated rings. The molecule has 6 heteroatoms. The molecule has 0 amide bonds. The van der Waals surface area contributed by atoms with Gasteiger partial charge in [0.25, 0.3) is 0 Å². The average molecular weight is 188 g/mol. The maximum absolute atomic E-state index is 10.7. The van der Waals surface area contributed by atoms with Crippen molar-refractivity contribution in [3.63, 3.8) is 0 Å². The van der Waals surface area contributed by atoms with E-state index in [2.05, 4.69) is 0 Å². The summed E-state index contributed by atoms with van der Waals surface area (Å²) in [6.45, 7) is 0.385. The molecule has 13 heavy (non-hydrogen) atoms. The number of likely N-dealkylation sites (tertiary alicyclic amines) is 1. The zero-order valence-electron chi connectivity index (χ0n) is 7.06. The molecule has 0 radical (unpaired) electrons. The molecule has 4 N–H and O–H groups in total. The van der Waals surface area contributed by atoms with Crippen LogP contribution >= 0.6 is 0 Å². The van der Waals surface area contributed by atoms with E-state index in [0.717, 1.165) is 0 Å². The van der Waals surface area contributed by atoms with Gasteiger partial charge in [-0.3, -0.25) is 14.5 Å². The minimum Gasteiger partial charge on any atom is -0.480 e. The Bertz CT molecular complexity index is 243. The first-order valence-corrected chi connectivity index (χ1v) is 3.90. The van der Waals surface area contributed by atoms with E-state index in [1.54, 1.807) is 0 Å². The van der Waals surface area contributed by atoms with Gasteiger partial charge < -0.3 is 15.9 Å². The molecule has 1 saturated heterocycles. The number of carboxylic acid groups (broad SMARTS) is 2. The van der Waals surface area contributed by atoms with Crippen LogP contribution in [0.5, 0.6) is 0 Å². The van der Waals surface area contributed by atoms with Crippen LogP contribution in [-0.4, -0.2) is 52.2 Å². The van der Waals surface area contributed by atoms with Gasteiger partial charge in [0.1, 0.15) is 5.54 Å². The van der Waals surface area contributed by atoms with Crippen LogP contribution in [0.4, 0.5) is 0 Å². The van der Waals surface area contributed by atoms with E-state index in [-0.39, 0.29) is 13.1 Å². The van der Waals surface area contributed by atoms with Crippen LogP contribution < -0.4 is 5.73 Å². The molecular weight excluding hydrogens is 176 g/mol. The van der Waals surface area contributed by atoms with Crippen molar-refractivity contribution in [1.82, 2.24) is 4.90 Å². The van der Waals surface area contributed by atoms with Gasteiger partial charge in [0.05, 0.1) is 6.54 Å². The molecule has 74 valence electrons. The monoisotopic (exact) mass is 188 g/mol. The van der Waals surface area contributed by atoms with Gasteiger partial charge in [-0.25, -0.2) is 0 Å². The fraction of sp³-hybridized carbons (Fsp3) is 0.714. The van der Waals surface area contributed by atoms with Crippen molar-refractivity contribution in [1.29, 1.82) is 0 Å². The van der Waals surface area contributed by atoms with E-state index < -0.39 is 17.5 Å². The number of hydrogen-bond donors (Lipinski definition) is 3. The second kappa shape index (κ2) is 3.31.